The number of aromatic nitrogens is 3. The lowest BCUT2D eigenvalue weighted by atomic mass is 9.91. The number of hydrogen-bond donors (Lipinski definition) is 0. The van der Waals surface area contributed by atoms with Crippen LogP contribution in [0, 0.1) is 0 Å². The van der Waals surface area contributed by atoms with Gasteiger partial charge in [-0.2, -0.15) is 0 Å². The Labute approximate surface area is 284 Å². The third-order valence-corrected chi connectivity index (χ3v) is 9.05. The van der Waals surface area contributed by atoms with Gasteiger partial charge in [-0.25, -0.2) is 15.0 Å². The van der Waals surface area contributed by atoms with Crippen molar-refractivity contribution in [2.75, 3.05) is 4.90 Å². The van der Waals surface area contributed by atoms with Gasteiger partial charge in [-0.1, -0.05) is 146 Å². The number of nitrogens with zero attached hydrogens (tertiary/aromatic N) is 4. The molecule has 4 heteroatoms. The van der Waals surface area contributed by atoms with Crippen LogP contribution in [0.1, 0.15) is 0 Å². The molecule has 0 unspecified atom stereocenters. The molecule has 8 aromatic carbocycles. The Bertz CT molecular complexity index is 2490. The highest BCUT2D eigenvalue weighted by Gasteiger charge is 2.22. The zero-order valence-electron chi connectivity index (χ0n) is 26.6. The van der Waals surface area contributed by atoms with Gasteiger partial charge in [0.25, 0.3) is 0 Å². The first-order valence-electron chi connectivity index (χ1n) is 16.5. The van der Waals surface area contributed by atoms with Crippen molar-refractivity contribution < 1.29 is 0 Å². The SMILES string of the molecule is c1ccc(-c2nc(-c3ccccc3)nc(-c3cc(N(c4ccccc4)c4ccccc4)c4c5ccccc5c5ccccc5c4c3)n2)cc1. The lowest BCUT2D eigenvalue weighted by Gasteiger charge is -2.28. The predicted molar refractivity (Wildman–Crippen MR) is 203 cm³/mol. The lowest BCUT2D eigenvalue weighted by molar-refractivity contribution is 1.07. The van der Waals surface area contributed by atoms with Crippen molar-refractivity contribution in [2.45, 2.75) is 0 Å². The van der Waals surface area contributed by atoms with E-state index in [1.165, 1.54) is 26.9 Å². The van der Waals surface area contributed by atoms with E-state index in [-0.39, 0.29) is 0 Å². The summed E-state index contributed by atoms with van der Waals surface area (Å²) in [7, 11) is 0. The van der Waals surface area contributed by atoms with Gasteiger partial charge in [0.15, 0.2) is 17.5 Å². The summed E-state index contributed by atoms with van der Waals surface area (Å²) < 4.78 is 0. The smallest absolute Gasteiger partial charge is 0.164 e. The monoisotopic (exact) mass is 626 g/mol. The van der Waals surface area contributed by atoms with Crippen LogP contribution < -0.4 is 4.90 Å². The number of para-hydroxylation sites is 2. The highest BCUT2D eigenvalue weighted by Crippen LogP contribution is 2.46. The fourth-order valence-electron chi connectivity index (χ4n) is 6.84. The number of benzene rings is 8. The minimum atomic E-state index is 0.620. The van der Waals surface area contributed by atoms with Crippen molar-refractivity contribution in [1.29, 1.82) is 0 Å². The van der Waals surface area contributed by atoms with Crippen LogP contribution in [0.25, 0.3) is 66.5 Å². The van der Waals surface area contributed by atoms with E-state index in [1.807, 2.05) is 60.7 Å². The van der Waals surface area contributed by atoms with Gasteiger partial charge >= 0.3 is 0 Å². The van der Waals surface area contributed by atoms with Crippen molar-refractivity contribution in [1.82, 2.24) is 15.0 Å². The molecule has 0 atom stereocenters. The van der Waals surface area contributed by atoms with Crippen LogP contribution in [-0.4, -0.2) is 15.0 Å². The highest BCUT2D eigenvalue weighted by molar-refractivity contribution is 6.29. The molecule has 0 spiro atoms. The third-order valence-electron chi connectivity index (χ3n) is 9.05. The second-order valence-corrected chi connectivity index (χ2v) is 12.1. The second-order valence-electron chi connectivity index (χ2n) is 12.1. The number of anilines is 3. The molecule has 0 amide bonds. The lowest BCUT2D eigenvalue weighted by Crippen LogP contribution is -2.11. The molecular weight excluding hydrogens is 597 g/mol. The summed E-state index contributed by atoms with van der Waals surface area (Å²) in [4.78, 5) is 17.6. The molecule has 1 heterocycles. The summed E-state index contributed by atoms with van der Waals surface area (Å²) in [6, 6.07) is 63.4. The van der Waals surface area contributed by atoms with Gasteiger partial charge in [-0.3, -0.25) is 0 Å². The normalized spacial score (nSPS) is 11.3. The van der Waals surface area contributed by atoms with Crippen LogP contribution in [0.5, 0.6) is 0 Å². The molecular formula is C45H30N4. The summed E-state index contributed by atoms with van der Waals surface area (Å²) in [5.41, 5.74) is 5.98. The summed E-state index contributed by atoms with van der Waals surface area (Å²) in [6.07, 6.45) is 0. The Balaban J connectivity index is 1.42. The molecule has 9 aromatic rings. The molecule has 0 aliphatic carbocycles. The Morgan fingerprint density at radius 1 is 0.306 bits per heavy atom. The largest absolute Gasteiger partial charge is 0.310 e. The zero-order valence-corrected chi connectivity index (χ0v) is 26.6. The molecule has 230 valence electrons. The van der Waals surface area contributed by atoms with E-state index in [0.29, 0.717) is 17.5 Å². The fraction of sp³-hybridized carbons (Fsp3) is 0. The summed E-state index contributed by atoms with van der Waals surface area (Å²) >= 11 is 0. The molecule has 4 nitrogen and oxygen atoms in total. The highest BCUT2D eigenvalue weighted by atomic mass is 15.1. The van der Waals surface area contributed by atoms with Crippen LogP contribution in [0.15, 0.2) is 182 Å². The first-order chi connectivity index (χ1) is 24.3. The van der Waals surface area contributed by atoms with Crippen LogP contribution >= 0.6 is 0 Å². The average molecular weight is 627 g/mol. The van der Waals surface area contributed by atoms with Crippen LogP contribution in [-0.2, 0) is 0 Å². The fourth-order valence-corrected chi connectivity index (χ4v) is 6.84. The van der Waals surface area contributed by atoms with Gasteiger partial charge < -0.3 is 4.90 Å². The van der Waals surface area contributed by atoms with Crippen molar-refractivity contribution in [3.63, 3.8) is 0 Å². The van der Waals surface area contributed by atoms with Crippen molar-refractivity contribution >= 4 is 49.4 Å². The zero-order chi connectivity index (χ0) is 32.6. The molecule has 0 radical (unpaired) electrons. The maximum Gasteiger partial charge on any atom is 0.164 e. The third kappa shape index (κ3) is 5.16. The van der Waals surface area contributed by atoms with E-state index < -0.39 is 0 Å². The maximum absolute atomic E-state index is 5.15. The summed E-state index contributed by atoms with van der Waals surface area (Å²) in [5, 5.41) is 7.12. The van der Waals surface area contributed by atoms with E-state index in [4.69, 9.17) is 15.0 Å². The molecule has 0 N–H and O–H groups in total. The van der Waals surface area contributed by atoms with Gasteiger partial charge in [-0.15, -0.1) is 0 Å². The van der Waals surface area contributed by atoms with E-state index in [1.54, 1.807) is 0 Å². The molecule has 0 aliphatic heterocycles. The van der Waals surface area contributed by atoms with Gasteiger partial charge in [0.1, 0.15) is 0 Å². The summed E-state index contributed by atoms with van der Waals surface area (Å²) in [5.74, 6) is 1.89. The van der Waals surface area contributed by atoms with Crippen molar-refractivity contribution in [2.24, 2.45) is 0 Å². The maximum atomic E-state index is 5.15. The van der Waals surface area contributed by atoms with E-state index in [0.717, 1.165) is 39.1 Å². The van der Waals surface area contributed by atoms with E-state index in [2.05, 4.69) is 126 Å². The Morgan fingerprint density at radius 2 is 0.673 bits per heavy atom. The Hall–Kier alpha value is -6.65. The molecule has 9 rings (SSSR count). The van der Waals surface area contributed by atoms with E-state index >= 15 is 0 Å². The first kappa shape index (κ1) is 28.6. The standard InChI is InChI=1S/C45H30N4/c1-5-17-31(18-6-1)43-46-44(32-19-7-2-8-20-32)48-45(47-43)33-29-40-38-27-14-13-25-36(38)37-26-15-16-28-39(37)42(40)41(30-33)49(34-21-9-3-10-22-34)35-23-11-4-12-24-35/h1-30H. The Morgan fingerprint density at radius 3 is 1.16 bits per heavy atom. The molecule has 0 saturated carbocycles. The van der Waals surface area contributed by atoms with Gasteiger partial charge in [-0.05, 0) is 63.3 Å². The molecule has 0 aliphatic rings. The number of fused-ring (bicyclic) bond motifs is 6. The average Bonchev–Trinajstić information content (AvgIpc) is 3.19. The Kier molecular flexibility index (Phi) is 7.10. The van der Waals surface area contributed by atoms with Crippen LogP contribution in [0.3, 0.4) is 0 Å². The minimum Gasteiger partial charge on any atom is -0.310 e. The van der Waals surface area contributed by atoms with Gasteiger partial charge in [0, 0.05) is 33.5 Å². The first-order valence-corrected chi connectivity index (χ1v) is 16.5. The summed E-state index contributed by atoms with van der Waals surface area (Å²) in [6.45, 7) is 0. The molecule has 1 aromatic heterocycles. The molecule has 49 heavy (non-hydrogen) atoms. The molecule has 0 fully saturated rings. The second kappa shape index (κ2) is 12.2. The topological polar surface area (TPSA) is 41.9 Å². The van der Waals surface area contributed by atoms with Crippen molar-refractivity contribution in [3.05, 3.63) is 182 Å². The van der Waals surface area contributed by atoms with Crippen LogP contribution in [0.4, 0.5) is 17.1 Å². The van der Waals surface area contributed by atoms with Gasteiger partial charge in [0.2, 0.25) is 0 Å². The molecule has 0 bridgehead atoms. The minimum absolute atomic E-state index is 0.620. The van der Waals surface area contributed by atoms with Gasteiger partial charge in [0.05, 0.1) is 5.69 Å². The number of rotatable bonds is 6. The van der Waals surface area contributed by atoms with E-state index in [9.17, 15) is 0 Å². The molecule has 0 saturated heterocycles. The number of hydrogen-bond acceptors (Lipinski definition) is 4. The van der Waals surface area contributed by atoms with Crippen molar-refractivity contribution in [3.8, 4) is 34.2 Å². The quantitative estimate of drug-likeness (QED) is 0.172. The predicted octanol–water partition coefficient (Wildman–Crippen LogP) is 11.8. The van der Waals surface area contributed by atoms with Crippen LogP contribution in [0.2, 0.25) is 0 Å².